The van der Waals surface area contributed by atoms with E-state index in [-0.39, 0.29) is 11.5 Å². The third-order valence-corrected chi connectivity index (χ3v) is 3.03. The van der Waals surface area contributed by atoms with Crippen LogP contribution in [0, 0.1) is 13.8 Å². The standard InChI is InChI=1S/C14H22N4O3/c1-8-7-10(19)12(20)9(2)11(8)15-13(21)16-14(17(3)4)18(5)6/h7H,1-6H3,(H3,15,19,20,21)/p+1. The molecule has 116 valence electrons. The summed E-state index contributed by atoms with van der Waals surface area (Å²) in [6, 6.07) is 0.976. The lowest BCUT2D eigenvalue weighted by atomic mass is 10.1. The molecule has 1 rings (SSSR count). The number of aryl methyl sites for hydroxylation is 1. The Balaban J connectivity index is 3.00. The van der Waals surface area contributed by atoms with Gasteiger partial charge in [-0.05, 0) is 25.5 Å². The molecule has 4 N–H and O–H groups in total. The molecular weight excluding hydrogens is 272 g/mol. The van der Waals surface area contributed by atoms with Crippen molar-refractivity contribution < 1.29 is 19.6 Å². The van der Waals surface area contributed by atoms with Crippen molar-refractivity contribution in [2.45, 2.75) is 13.8 Å². The first-order valence-corrected chi connectivity index (χ1v) is 6.46. The molecule has 0 spiro atoms. The Morgan fingerprint density at radius 2 is 1.81 bits per heavy atom. The number of nitrogens with one attached hydrogen (secondary N) is 2. The van der Waals surface area contributed by atoms with Crippen LogP contribution in [0.25, 0.3) is 0 Å². The largest absolute Gasteiger partial charge is 0.504 e. The molecule has 0 bridgehead atoms. The molecule has 7 heteroatoms. The van der Waals surface area contributed by atoms with Crippen LogP contribution in [0.3, 0.4) is 0 Å². The molecule has 0 fully saturated rings. The second-order valence-electron chi connectivity index (χ2n) is 5.25. The van der Waals surface area contributed by atoms with Crippen molar-refractivity contribution in [1.82, 2.24) is 10.2 Å². The minimum Gasteiger partial charge on any atom is -0.504 e. The molecule has 7 nitrogen and oxygen atoms in total. The van der Waals surface area contributed by atoms with Crippen molar-refractivity contribution in [3.8, 4) is 11.5 Å². The van der Waals surface area contributed by atoms with Gasteiger partial charge in [-0.3, -0.25) is 14.8 Å². The highest BCUT2D eigenvalue weighted by Crippen LogP contribution is 2.36. The van der Waals surface area contributed by atoms with Crippen LogP contribution in [0.5, 0.6) is 11.5 Å². The summed E-state index contributed by atoms with van der Waals surface area (Å²) >= 11 is 0. The van der Waals surface area contributed by atoms with Crippen molar-refractivity contribution in [2.75, 3.05) is 33.5 Å². The fourth-order valence-electron chi connectivity index (χ4n) is 2.01. The number of benzene rings is 1. The van der Waals surface area contributed by atoms with E-state index in [0.29, 0.717) is 22.8 Å². The van der Waals surface area contributed by atoms with Gasteiger partial charge in [0.1, 0.15) is 0 Å². The van der Waals surface area contributed by atoms with E-state index in [9.17, 15) is 15.0 Å². The number of nitrogens with zero attached hydrogens (tertiary/aromatic N) is 2. The fourth-order valence-corrected chi connectivity index (χ4v) is 2.01. The number of urea groups is 1. The van der Waals surface area contributed by atoms with E-state index in [2.05, 4.69) is 10.6 Å². The zero-order valence-corrected chi connectivity index (χ0v) is 13.3. The smallest absolute Gasteiger partial charge is 0.384 e. The molecule has 0 aliphatic heterocycles. The van der Waals surface area contributed by atoms with Gasteiger partial charge in [0, 0.05) is 5.56 Å². The Morgan fingerprint density at radius 1 is 1.24 bits per heavy atom. The highest BCUT2D eigenvalue weighted by atomic mass is 16.3. The third kappa shape index (κ3) is 3.77. The molecule has 0 unspecified atom stereocenters. The van der Waals surface area contributed by atoms with Crippen LogP contribution in [-0.2, 0) is 0 Å². The molecule has 0 saturated carbocycles. The molecule has 1 aromatic carbocycles. The van der Waals surface area contributed by atoms with E-state index in [0.717, 1.165) is 0 Å². The molecule has 0 aromatic heterocycles. The summed E-state index contributed by atoms with van der Waals surface area (Å²) in [5.41, 5.74) is 1.55. The summed E-state index contributed by atoms with van der Waals surface area (Å²) in [6.45, 7) is 3.37. The number of phenolic OH excluding ortho intramolecular Hbond substituents is 2. The second kappa shape index (κ2) is 6.34. The van der Waals surface area contributed by atoms with Gasteiger partial charge < -0.3 is 10.2 Å². The number of rotatable bonds is 1. The lowest BCUT2D eigenvalue weighted by Gasteiger charge is -2.15. The molecule has 0 heterocycles. The van der Waals surface area contributed by atoms with Crippen molar-refractivity contribution in [3.63, 3.8) is 0 Å². The van der Waals surface area contributed by atoms with Crippen LogP contribution < -0.4 is 10.6 Å². The average molecular weight is 295 g/mol. The van der Waals surface area contributed by atoms with Crippen molar-refractivity contribution in [1.29, 1.82) is 0 Å². The van der Waals surface area contributed by atoms with Gasteiger partial charge in [-0.25, -0.2) is 4.79 Å². The lowest BCUT2D eigenvalue weighted by Crippen LogP contribution is -2.46. The van der Waals surface area contributed by atoms with Gasteiger partial charge in [0.05, 0.1) is 33.9 Å². The summed E-state index contributed by atoms with van der Waals surface area (Å²) in [7, 11) is 7.27. The summed E-state index contributed by atoms with van der Waals surface area (Å²) in [5.74, 6) is 0.177. The first-order valence-electron chi connectivity index (χ1n) is 6.46. The van der Waals surface area contributed by atoms with Crippen molar-refractivity contribution in [2.24, 2.45) is 0 Å². The number of aromatic hydroxyl groups is 2. The van der Waals surface area contributed by atoms with Gasteiger partial charge in [-0.2, -0.15) is 5.32 Å². The van der Waals surface area contributed by atoms with E-state index in [4.69, 9.17) is 0 Å². The first kappa shape index (κ1) is 16.6. The van der Waals surface area contributed by atoms with Crippen LogP contribution in [0.1, 0.15) is 11.1 Å². The Kier molecular flexibility index (Phi) is 5.02. The van der Waals surface area contributed by atoms with Gasteiger partial charge in [-0.1, -0.05) is 0 Å². The monoisotopic (exact) mass is 295 g/mol. The quantitative estimate of drug-likeness (QED) is 0.205. The first-order chi connectivity index (χ1) is 9.65. The topological polar surface area (TPSA) is 87.8 Å². The molecule has 2 amide bonds. The summed E-state index contributed by atoms with van der Waals surface area (Å²) in [6.07, 6.45) is 0. The highest BCUT2D eigenvalue weighted by Gasteiger charge is 2.19. The van der Waals surface area contributed by atoms with Gasteiger partial charge in [-0.15, -0.1) is 0 Å². The predicted molar refractivity (Wildman–Crippen MR) is 82.2 cm³/mol. The SMILES string of the molecule is Cc1cc(O)c(O)c(C)c1NC(=O)NC(N(C)C)=[N+](C)C. The number of phenols is 2. The maximum atomic E-state index is 12.1. The minimum atomic E-state index is -0.427. The number of amides is 2. The Bertz CT molecular complexity index is 590. The number of anilines is 1. The van der Waals surface area contributed by atoms with Gasteiger partial charge in [0.15, 0.2) is 11.5 Å². The zero-order valence-electron chi connectivity index (χ0n) is 13.3. The molecule has 0 saturated heterocycles. The van der Waals surface area contributed by atoms with Crippen molar-refractivity contribution in [3.05, 3.63) is 17.2 Å². The number of carbonyl (C=O) groups is 1. The fraction of sp³-hybridized carbons (Fsp3) is 0.429. The predicted octanol–water partition coefficient (Wildman–Crippen LogP) is 1.03. The number of hydrogen-bond donors (Lipinski definition) is 4. The van der Waals surface area contributed by atoms with E-state index in [1.165, 1.54) is 6.07 Å². The number of guanidine groups is 1. The molecule has 21 heavy (non-hydrogen) atoms. The molecule has 0 atom stereocenters. The average Bonchev–Trinajstić information content (AvgIpc) is 2.37. The highest BCUT2D eigenvalue weighted by molar-refractivity contribution is 6.01. The lowest BCUT2D eigenvalue weighted by molar-refractivity contribution is -0.471. The molecule has 0 radical (unpaired) electrons. The summed E-state index contributed by atoms with van der Waals surface area (Å²) in [5, 5.41) is 24.7. The van der Waals surface area contributed by atoms with Crippen LogP contribution in [0.2, 0.25) is 0 Å². The molecule has 0 aliphatic rings. The van der Waals surface area contributed by atoms with Crippen LogP contribution >= 0.6 is 0 Å². The van der Waals surface area contributed by atoms with E-state index < -0.39 is 6.03 Å². The Labute approximate surface area is 124 Å². The molecule has 1 aromatic rings. The van der Waals surface area contributed by atoms with Crippen LogP contribution in [0.15, 0.2) is 6.07 Å². The third-order valence-electron chi connectivity index (χ3n) is 3.03. The van der Waals surface area contributed by atoms with E-state index in [1.807, 2.05) is 28.2 Å². The number of hydrogen-bond acceptors (Lipinski definition) is 3. The van der Waals surface area contributed by atoms with E-state index in [1.54, 1.807) is 23.3 Å². The van der Waals surface area contributed by atoms with Gasteiger partial charge in [0.2, 0.25) is 0 Å². The van der Waals surface area contributed by atoms with Crippen molar-refractivity contribution >= 4 is 17.7 Å². The zero-order chi connectivity index (χ0) is 16.3. The Morgan fingerprint density at radius 3 is 2.29 bits per heavy atom. The summed E-state index contributed by atoms with van der Waals surface area (Å²) in [4.78, 5) is 13.9. The maximum Gasteiger partial charge on any atom is 0.384 e. The van der Waals surface area contributed by atoms with Crippen LogP contribution in [-0.4, -0.2) is 59.9 Å². The molecular formula is C14H23N4O3+. The Hall–Kier alpha value is -2.44. The number of carbonyl (C=O) groups excluding carboxylic acids is 1. The normalized spacial score (nSPS) is 10.0. The van der Waals surface area contributed by atoms with Gasteiger partial charge >= 0.3 is 12.0 Å². The summed E-state index contributed by atoms with van der Waals surface area (Å²) < 4.78 is 1.77. The minimum absolute atomic E-state index is 0.204. The van der Waals surface area contributed by atoms with E-state index >= 15 is 0 Å². The maximum absolute atomic E-state index is 12.1. The van der Waals surface area contributed by atoms with Crippen LogP contribution in [0.4, 0.5) is 10.5 Å². The second-order valence-corrected chi connectivity index (χ2v) is 5.25. The van der Waals surface area contributed by atoms with Gasteiger partial charge in [0.25, 0.3) is 0 Å². The molecule has 0 aliphatic carbocycles.